The first-order valence-corrected chi connectivity index (χ1v) is 7.57. The molecule has 0 aliphatic heterocycles. The first kappa shape index (κ1) is 16.4. The van der Waals surface area contributed by atoms with Crippen molar-refractivity contribution in [3.63, 3.8) is 0 Å². The van der Waals surface area contributed by atoms with Crippen molar-refractivity contribution in [3.8, 4) is 0 Å². The van der Waals surface area contributed by atoms with Crippen molar-refractivity contribution in [2.24, 2.45) is 0 Å². The second-order valence-corrected chi connectivity index (χ2v) is 5.45. The Morgan fingerprint density at radius 1 is 1.60 bits per heavy atom. The molecule has 2 atom stereocenters. The van der Waals surface area contributed by atoms with Crippen LogP contribution in [0.2, 0.25) is 0 Å². The Hall–Kier alpha value is -1.70. The number of amides is 2. The summed E-state index contributed by atoms with van der Waals surface area (Å²) in [7, 11) is 1.66. The number of hydrogen-bond acceptors (Lipinski definition) is 4. The molecule has 1 aromatic heterocycles. The number of nitrogens with zero attached hydrogens (tertiary/aromatic N) is 2. The maximum absolute atomic E-state index is 12.0. The average Bonchev–Trinajstić information content (AvgIpc) is 2.90. The number of aliphatic carboxylic acids is 1. The topological polar surface area (TPSA) is 98.3 Å². The highest BCUT2D eigenvalue weighted by Gasteiger charge is 2.24. The van der Waals surface area contributed by atoms with Gasteiger partial charge in [-0.2, -0.15) is 11.8 Å². The number of carboxylic acids is 1. The van der Waals surface area contributed by atoms with Gasteiger partial charge < -0.3 is 20.3 Å². The number of nitrogens with one attached hydrogen (secondary N) is 2. The van der Waals surface area contributed by atoms with E-state index in [4.69, 9.17) is 0 Å². The van der Waals surface area contributed by atoms with Crippen molar-refractivity contribution in [1.29, 1.82) is 0 Å². The average molecular weight is 300 g/mol. The normalized spacial score (nSPS) is 13.6. The number of hydrogen-bond donors (Lipinski definition) is 3. The van der Waals surface area contributed by atoms with E-state index < -0.39 is 18.0 Å². The van der Waals surface area contributed by atoms with Crippen LogP contribution in [-0.2, 0) is 11.2 Å². The van der Waals surface area contributed by atoms with Crippen LogP contribution in [0, 0.1) is 0 Å². The van der Waals surface area contributed by atoms with Crippen LogP contribution in [0.3, 0.4) is 0 Å². The maximum Gasteiger partial charge on any atom is 0.326 e. The van der Waals surface area contributed by atoms with E-state index in [0.29, 0.717) is 5.69 Å². The van der Waals surface area contributed by atoms with Crippen molar-refractivity contribution < 1.29 is 14.7 Å². The fourth-order valence-electron chi connectivity index (χ4n) is 1.62. The number of thioether (sulfide) groups is 1. The van der Waals surface area contributed by atoms with Crippen LogP contribution < -0.4 is 5.32 Å². The van der Waals surface area contributed by atoms with Crippen molar-refractivity contribution in [2.75, 3.05) is 19.1 Å². The van der Waals surface area contributed by atoms with Crippen LogP contribution in [0.25, 0.3) is 0 Å². The summed E-state index contributed by atoms with van der Waals surface area (Å²) >= 11 is 1.63. The highest BCUT2D eigenvalue weighted by molar-refractivity contribution is 7.98. The predicted molar refractivity (Wildman–Crippen MR) is 77.9 cm³/mol. The van der Waals surface area contributed by atoms with Gasteiger partial charge in [-0.1, -0.05) is 0 Å². The van der Waals surface area contributed by atoms with Crippen LogP contribution in [0.5, 0.6) is 0 Å². The van der Waals surface area contributed by atoms with E-state index >= 15 is 0 Å². The molecule has 0 saturated carbocycles. The summed E-state index contributed by atoms with van der Waals surface area (Å²) in [6.45, 7) is 1.92. The summed E-state index contributed by atoms with van der Waals surface area (Å²) in [6.07, 6.45) is 5.15. The Labute approximate surface area is 122 Å². The molecule has 1 aromatic rings. The lowest BCUT2D eigenvalue weighted by Gasteiger charge is -2.26. The Morgan fingerprint density at radius 3 is 2.80 bits per heavy atom. The van der Waals surface area contributed by atoms with E-state index in [0.717, 1.165) is 5.75 Å². The van der Waals surface area contributed by atoms with Gasteiger partial charge in [-0.3, -0.25) is 0 Å². The highest BCUT2D eigenvalue weighted by atomic mass is 32.2. The van der Waals surface area contributed by atoms with E-state index in [1.54, 1.807) is 25.0 Å². The number of aromatic amines is 1. The quantitative estimate of drug-likeness (QED) is 0.692. The molecule has 0 aromatic carbocycles. The molecule has 112 valence electrons. The molecule has 2 amide bonds. The molecule has 0 fully saturated rings. The number of urea groups is 1. The minimum Gasteiger partial charge on any atom is -0.480 e. The molecule has 0 saturated heterocycles. The number of rotatable bonds is 7. The zero-order chi connectivity index (χ0) is 15.1. The van der Waals surface area contributed by atoms with E-state index in [9.17, 15) is 14.7 Å². The summed E-state index contributed by atoms with van der Waals surface area (Å²) in [5.74, 6) is -0.277. The first-order valence-electron chi connectivity index (χ1n) is 6.18. The number of carboxylic acid groups (broad SMARTS) is 1. The minimum absolute atomic E-state index is 0.0339. The Morgan fingerprint density at radius 2 is 2.30 bits per heavy atom. The van der Waals surface area contributed by atoms with E-state index in [1.165, 1.54) is 11.2 Å². The van der Waals surface area contributed by atoms with Crippen LogP contribution in [0.4, 0.5) is 4.79 Å². The van der Waals surface area contributed by atoms with Crippen LogP contribution in [0.1, 0.15) is 12.6 Å². The maximum atomic E-state index is 12.0. The third-order valence-electron chi connectivity index (χ3n) is 2.96. The third kappa shape index (κ3) is 4.76. The SMILES string of the molecule is CSCC(C)N(C)C(=O)NC(Cc1cnc[nH]1)C(=O)O. The van der Waals surface area contributed by atoms with Crippen LogP contribution in [-0.4, -0.2) is 63.1 Å². The molecule has 0 bridgehead atoms. The Bertz CT molecular complexity index is 438. The summed E-state index contributed by atoms with van der Waals surface area (Å²) in [5, 5.41) is 11.7. The highest BCUT2D eigenvalue weighted by Crippen LogP contribution is 2.05. The molecule has 0 aliphatic rings. The fourth-order valence-corrected chi connectivity index (χ4v) is 2.33. The number of carbonyl (C=O) groups is 2. The molecular weight excluding hydrogens is 280 g/mol. The number of carbonyl (C=O) groups excluding carboxylic acids is 1. The van der Waals surface area contributed by atoms with Crippen molar-refractivity contribution in [2.45, 2.75) is 25.4 Å². The molecule has 0 spiro atoms. The van der Waals surface area contributed by atoms with Gasteiger partial charge in [0.2, 0.25) is 0 Å². The summed E-state index contributed by atoms with van der Waals surface area (Å²) in [4.78, 5) is 31.4. The fraction of sp³-hybridized carbons (Fsp3) is 0.583. The van der Waals surface area contributed by atoms with Gasteiger partial charge in [0.05, 0.1) is 6.33 Å². The lowest BCUT2D eigenvalue weighted by atomic mass is 10.1. The first-order chi connectivity index (χ1) is 9.45. The van der Waals surface area contributed by atoms with E-state index in [1.807, 2.05) is 13.2 Å². The molecular formula is C12H20N4O3S. The monoisotopic (exact) mass is 300 g/mol. The van der Waals surface area contributed by atoms with Crippen molar-refractivity contribution in [1.82, 2.24) is 20.2 Å². The van der Waals surface area contributed by atoms with Gasteiger partial charge in [-0.15, -0.1) is 0 Å². The van der Waals surface area contributed by atoms with Crippen molar-refractivity contribution in [3.05, 3.63) is 18.2 Å². The van der Waals surface area contributed by atoms with Gasteiger partial charge in [0, 0.05) is 37.2 Å². The van der Waals surface area contributed by atoms with Gasteiger partial charge >= 0.3 is 12.0 Å². The predicted octanol–water partition coefficient (Wildman–Crippen LogP) is 0.798. The molecule has 0 radical (unpaired) electrons. The lowest BCUT2D eigenvalue weighted by Crippen LogP contribution is -2.50. The van der Waals surface area contributed by atoms with Gasteiger partial charge in [-0.25, -0.2) is 14.6 Å². The Kier molecular flexibility index (Phi) is 6.37. The van der Waals surface area contributed by atoms with Gasteiger partial charge in [0.1, 0.15) is 6.04 Å². The lowest BCUT2D eigenvalue weighted by molar-refractivity contribution is -0.139. The smallest absolute Gasteiger partial charge is 0.326 e. The van der Waals surface area contributed by atoms with Crippen LogP contribution in [0.15, 0.2) is 12.5 Å². The van der Waals surface area contributed by atoms with Gasteiger partial charge in [-0.05, 0) is 13.2 Å². The van der Waals surface area contributed by atoms with Gasteiger partial charge in [0.15, 0.2) is 0 Å². The Balaban J connectivity index is 2.61. The third-order valence-corrected chi connectivity index (χ3v) is 3.78. The number of H-pyrrole nitrogens is 1. The van der Waals surface area contributed by atoms with Crippen molar-refractivity contribution >= 4 is 23.8 Å². The van der Waals surface area contributed by atoms with Crippen LogP contribution >= 0.6 is 11.8 Å². The van der Waals surface area contributed by atoms with Gasteiger partial charge in [0.25, 0.3) is 0 Å². The molecule has 0 aliphatic carbocycles. The van der Waals surface area contributed by atoms with E-state index in [2.05, 4.69) is 15.3 Å². The number of aromatic nitrogens is 2. The molecule has 2 unspecified atom stereocenters. The molecule has 3 N–H and O–H groups in total. The molecule has 1 heterocycles. The number of imidazole rings is 1. The summed E-state index contributed by atoms with van der Waals surface area (Å²) in [6, 6.07) is -1.34. The molecule has 7 nitrogen and oxygen atoms in total. The standard InChI is InChI=1S/C12H20N4O3S/c1-8(6-20-3)16(2)12(19)15-10(11(17)18)4-9-5-13-7-14-9/h5,7-8,10H,4,6H2,1-3H3,(H,13,14)(H,15,19)(H,17,18). The zero-order valence-corrected chi connectivity index (χ0v) is 12.6. The largest absolute Gasteiger partial charge is 0.480 e. The summed E-state index contributed by atoms with van der Waals surface area (Å²) < 4.78 is 0. The second kappa shape index (κ2) is 7.78. The molecule has 8 heteroatoms. The van der Waals surface area contributed by atoms with E-state index in [-0.39, 0.29) is 12.5 Å². The summed E-state index contributed by atoms with van der Waals surface area (Å²) in [5.41, 5.74) is 0.664. The zero-order valence-electron chi connectivity index (χ0n) is 11.8. The molecule has 20 heavy (non-hydrogen) atoms. The second-order valence-electron chi connectivity index (χ2n) is 4.54. The molecule has 1 rings (SSSR count). The minimum atomic E-state index is -1.07.